The van der Waals surface area contributed by atoms with E-state index in [9.17, 15) is 32.8 Å². The van der Waals surface area contributed by atoms with Crippen LogP contribution in [0.5, 0.6) is 0 Å². The molecular weight excluding hydrogens is 519 g/mol. The molecule has 9 heteroatoms. The third-order valence-electron chi connectivity index (χ3n) is 7.99. The number of alkyl halides is 3. The number of rotatable bonds is 6. The molecule has 1 aliphatic heterocycles. The molecule has 0 N–H and O–H groups in total. The van der Waals surface area contributed by atoms with Crippen molar-refractivity contribution in [3.63, 3.8) is 0 Å². The van der Waals surface area contributed by atoms with E-state index in [1.54, 1.807) is 43.1 Å². The first-order valence-corrected chi connectivity index (χ1v) is 13.5. The molecule has 2 aromatic rings. The number of hydrogen-bond donors (Lipinski definition) is 0. The standard InChI is InChI=1S/C31H32F3N3O3/c1-4-25-26(19(2)38)27(21-15-13-20(18-35)14-16-21)28(29(39)36(3)23-10-6-5-7-11-23)30(40)37(25)24-12-8-9-22(17-24)31(32,33)34/h8-9,12-17,23,27-28H,4-7,10-11H2,1-3H3. The number of amides is 2. The molecule has 2 aliphatic rings. The summed E-state index contributed by atoms with van der Waals surface area (Å²) in [5, 5.41) is 9.28. The van der Waals surface area contributed by atoms with Crippen LogP contribution in [0.2, 0.25) is 0 Å². The second kappa shape index (κ2) is 11.7. The molecule has 0 aromatic heterocycles. The quantitative estimate of drug-likeness (QED) is 0.391. The van der Waals surface area contributed by atoms with Gasteiger partial charge in [0.25, 0.3) is 0 Å². The van der Waals surface area contributed by atoms with Gasteiger partial charge in [0.05, 0.1) is 17.2 Å². The molecular formula is C31H32F3N3O3. The van der Waals surface area contributed by atoms with E-state index in [1.807, 2.05) is 6.07 Å². The zero-order valence-electron chi connectivity index (χ0n) is 22.8. The molecule has 0 spiro atoms. The fourth-order valence-corrected chi connectivity index (χ4v) is 6.00. The molecule has 0 radical (unpaired) electrons. The Labute approximate surface area is 232 Å². The number of ketones is 1. The first-order chi connectivity index (χ1) is 19.0. The van der Waals surface area contributed by atoms with Gasteiger partial charge in [-0.3, -0.25) is 19.3 Å². The van der Waals surface area contributed by atoms with Crippen LogP contribution < -0.4 is 4.90 Å². The van der Waals surface area contributed by atoms with E-state index in [1.165, 1.54) is 19.1 Å². The van der Waals surface area contributed by atoms with Crippen LogP contribution in [0.1, 0.15) is 75.0 Å². The maximum Gasteiger partial charge on any atom is 0.416 e. The van der Waals surface area contributed by atoms with Crippen LogP contribution in [0.15, 0.2) is 59.8 Å². The highest BCUT2D eigenvalue weighted by molar-refractivity contribution is 6.15. The molecule has 2 amide bonds. The summed E-state index contributed by atoms with van der Waals surface area (Å²) in [6, 6.07) is 12.7. The van der Waals surface area contributed by atoms with Crippen LogP contribution in [-0.4, -0.2) is 35.6 Å². The van der Waals surface area contributed by atoms with E-state index in [-0.39, 0.29) is 35.2 Å². The van der Waals surface area contributed by atoms with Crippen molar-refractivity contribution >= 4 is 23.3 Å². The predicted molar refractivity (Wildman–Crippen MR) is 144 cm³/mol. The summed E-state index contributed by atoms with van der Waals surface area (Å²) in [5.74, 6) is -3.86. The molecule has 6 nitrogen and oxygen atoms in total. The van der Waals surface area contributed by atoms with Gasteiger partial charge in [0.1, 0.15) is 5.92 Å². The van der Waals surface area contributed by atoms with Crippen molar-refractivity contribution < 1.29 is 27.6 Å². The fourth-order valence-electron chi connectivity index (χ4n) is 6.00. The number of halogens is 3. The highest BCUT2D eigenvalue weighted by Gasteiger charge is 2.49. The molecule has 1 aliphatic carbocycles. The summed E-state index contributed by atoms with van der Waals surface area (Å²) in [5.41, 5.74) is 0.376. The van der Waals surface area contributed by atoms with Gasteiger partial charge in [0.2, 0.25) is 11.8 Å². The van der Waals surface area contributed by atoms with Crippen molar-refractivity contribution in [2.75, 3.05) is 11.9 Å². The maximum atomic E-state index is 14.4. The molecule has 1 heterocycles. The van der Waals surface area contributed by atoms with E-state index < -0.39 is 35.4 Å². The number of carbonyl (C=O) groups excluding carboxylic acids is 3. The minimum atomic E-state index is -4.64. The van der Waals surface area contributed by atoms with Crippen molar-refractivity contribution in [1.29, 1.82) is 5.26 Å². The SMILES string of the molecule is CCC1=C(C(C)=O)C(c2ccc(C#N)cc2)C(C(=O)N(C)C2CCCCC2)C(=O)N1c1cccc(C(F)(F)F)c1. The van der Waals surface area contributed by atoms with Crippen molar-refractivity contribution in [1.82, 2.24) is 4.90 Å². The Bertz CT molecular complexity index is 1370. The number of Topliss-reactive ketones (excluding diaryl/α,β-unsaturated/α-hetero) is 1. The Morgan fingerprint density at radius 2 is 1.73 bits per heavy atom. The summed E-state index contributed by atoms with van der Waals surface area (Å²) in [7, 11) is 1.66. The number of benzene rings is 2. The topological polar surface area (TPSA) is 81.5 Å². The second-order valence-corrected chi connectivity index (χ2v) is 10.4. The maximum absolute atomic E-state index is 14.4. The summed E-state index contributed by atoms with van der Waals surface area (Å²) in [6.07, 6.45) is 0.0765. The third kappa shape index (κ3) is 5.53. The average molecular weight is 552 g/mol. The Morgan fingerprint density at radius 1 is 1.07 bits per heavy atom. The molecule has 2 aromatic carbocycles. The third-order valence-corrected chi connectivity index (χ3v) is 7.99. The highest BCUT2D eigenvalue weighted by atomic mass is 19.4. The van der Waals surface area contributed by atoms with E-state index in [4.69, 9.17) is 0 Å². The molecule has 2 atom stereocenters. The molecule has 40 heavy (non-hydrogen) atoms. The monoisotopic (exact) mass is 551 g/mol. The summed E-state index contributed by atoms with van der Waals surface area (Å²) < 4.78 is 40.9. The van der Waals surface area contributed by atoms with Gasteiger partial charge in [0, 0.05) is 36.0 Å². The number of allylic oxidation sites excluding steroid dienone is 2. The van der Waals surface area contributed by atoms with E-state index in [0.29, 0.717) is 11.1 Å². The fraction of sp³-hybridized carbons (Fsp3) is 0.419. The molecule has 210 valence electrons. The predicted octanol–water partition coefficient (Wildman–Crippen LogP) is 6.37. The first kappa shape index (κ1) is 29.1. The van der Waals surface area contributed by atoms with Gasteiger partial charge in [-0.15, -0.1) is 0 Å². The summed E-state index contributed by atoms with van der Waals surface area (Å²) >= 11 is 0. The van der Waals surface area contributed by atoms with Gasteiger partial charge in [-0.1, -0.05) is 44.4 Å². The lowest BCUT2D eigenvalue weighted by molar-refractivity contribution is -0.143. The van der Waals surface area contributed by atoms with E-state index in [0.717, 1.165) is 49.1 Å². The van der Waals surface area contributed by atoms with Gasteiger partial charge in [0.15, 0.2) is 5.78 Å². The Balaban J connectivity index is 1.94. The summed E-state index contributed by atoms with van der Waals surface area (Å²) in [4.78, 5) is 44.5. The molecule has 0 saturated heterocycles. The first-order valence-electron chi connectivity index (χ1n) is 13.5. The number of nitriles is 1. The smallest absolute Gasteiger partial charge is 0.342 e. The van der Waals surface area contributed by atoms with Crippen LogP contribution in [0.25, 0.3) is 0 Å². The minimum Gasteiger partial charge on any atom is -0.342 e. The van der Waals surface area contributed by atoms with Crippen molar-refractivity contribution in [3.05, 3.63) is 76.5 Å². The van der Waals surface area contributed by atoms with Crippen LogP contribution in [0.3, 0.4) is 0 Å². The van der Waals surface area contributed by atoms with Crippen LogP contribution in [0.4, 0.5) is 18.9 Å². The van der Waals surface area contributed by atoms with Gasteiger partial charge in [-0.2, -0.15) is 18.4 Å². The lowest BCUT2D eigenvalue weighted by Crippen LogP contribution is -2.53. The number of nitrogens with zero attached hydrogens (tertiary/aromatic N) is 3. The van der Waals surface area contributed by atoms with Gasteiger partial charge in [-0.05, 0) is 62.1 Å². The second-order valence-electron chi connectivity index (χ2n) is 10.4. The molecule has 4 rings (SSSR count). The van der Waals surface area contributed by atoms with Crippen LogP contribution in [0, 0.1) is 17.2 Å². The van der Waals surface area contributed by atoms with E-state index >= 15 is 0 Å². The lowest BCUT2D eigenvalue weighted by Gasteiger charge is -2.42. The van der Waals surface area contributed by atoms with Crippen molar-refractivity contribution in [2.24, 2.45) is 5.92 Å². The Kier molecular flexibility index (Phi) is 8.48. The molecule has 1 fully saturated rings. The van der Waals surface area contributed by atoms with Gasteiger partial charge >= 0.3 is 6.18 Å². The number of carbonyl (C=O) groups is 3. The van der Waals surface area contributed by atoms with E-state index in [2.05, 4.69) is 0 Å². The minimum absolute atomic E-state index is 0.0492. The zero-order valence-corrected chi connectivity index (χ0v) is 22.8. The largest absolute Gasteiger partial charge is 0.416 e. The lowest BCUT2D eigenvalue weighted by atomic mass is 9.73. The van der Waals surface area contributed by atoms with Gasteiger partial charge < -0.3 is 4.90 Å². The summed E-state index contributed by atoms with van der Waals surface area (Å²) in [6.45, 7) is 3.06. The van der Waals surface area contributed by atoms with Crippen molar-refractivity contribution in [3.8, 4) is 6.07 Å². The number of hydrogen-bond acceptors (Lipinski definition) is 4. The molecule has 2 unspecified atom stereocenters. The van der Waals surface area contributed by atoms with Crippen LogP contribution >= 0.6 is 0 Å². The van der Waals surface area contributed by atoms with Crippen LogP contribution in [-0.2, 0) is 20.6 Å². The van der Waals surface area contributed by atoms with Crippen molar-refractivity contribution in [2.45, 2.75) is 70.5 Å². The number of anilines is 1. The Morgan fingerprint density at radius 3 is 2.27 bits per heavy atom. The zero-order chi connectivity index (χ0) is 29.2. The highest BCUT2D eigenvalue weighted by Crippen LogP contribution is 2.45. The Hall–Kier alpha value is -3.93. The molecule has 0 bridgehead atoms. The average Bonchev–Trinajstić information content (AvgIpc) is 2.95. The normalized spacial score (nSPS) is 20.3. The van der Waals surface area contributed by atoms with Gasteiger partial charge in [-0.25, -0.2) is 0 Å². The molecule has 1 saturated carbocycles.